The topological polar surface area (TPSA) is 197 Å². The largest absolute Gasteiger partial charge is 0.481 e. The molecule has 0 aliphatic carbocycles. The lowest BCUT2D eigenvalue weighted by molar-refractivity contribution is -0.171. The van der Waals surface area contributed by atoms with Gasteiger partial charge in [0.15, 0.2) is 0 Å². The fourth-order valence-corrected chi connectivity index (χ4v) is 2.50. The van der Waals surface area contributed by atoms with Crippen molar-refractivity contribution in [2.45, 2.75) is 108 Å². The second kappa shape index (κ2) is 23.7. The van der Waals surface area contributed by atoms with Crippen LogP contribution in [0.5, 0.6) is 0 Å². The van der Waals surface area contributed by atoms with E-state index in [2.05, 4.69) is 23.3 Å². The van der Waals surface area contributed by atoms with Crippen molar-refractivity contribution in [3.05, 3.63) is 35.9 Å². The van der Waals surface area contributed by atoms with Gasteiger partial charge in [-0.3, -0.25) is 29.2 Å². The highest BCUT2D eigenvalue weighted by atomic mass is 35.5. The van der Waals surface area contributed by atoms with Crippen molar-refractivity contribution in [3.8, 4) is 0 Å². The Morgan fingerprint density at radius 1 is 0.875 bits per heavy atom. The Bertz CT molecular complexity index is 1090. The number of hydroxylamine groups is 1. The van der Waals surface area contributed by atoms with E-state index in [-0.39, 0.29) is 41.4 Å². The van der Waals surface area contributed by atoms with E-state index in [0.717, 1.165) is 17.2 Å². The number of hydrazine groups is 1. The Hall–Kier alpha value is -2.55. The standard InChI is InChI=1S/C17H26N2O4S.C6H11ClO.C6H12O2.C5H11NO2/c1-4-17(2,3)16(21)23-11-10-19(22)18-14(15(20)24)12-13-8-6-5-7-9-13;2*1-4-6(2,3)5(7)8;1-5(2,3-6)4(7)8/h5-9,14,18,22H,4,10-12H2,1-3H3,(H,20,24);4H2,1-3H3;4H2,1-3H3,(H,7,8);3,6H2,1-2H3,(H,7,8)/i22T;;;. The fourth-order valence-electron chi connectivity index (χ4n) is 2.21. The Kier molecular flexibility index (Phi) is 23.5. The molecular formula is C34H60ClN3O9S. The van der Waals surface area contributed by atoms with E-state index in [4.69, 9.17) is 33.7 Å². The summed E-state index contributed by atoms with van der Waals surface area (Å²) >= 11 is 9.11. The fraction of sp³-hybridized carbons (Fsp3) is 0.676. The quantitative estimate of drug-likeness (QED) is 0.0477. The molecule has 0 aromatic heterocycles. The first-order chi connectivity index (χ1) is 22.3. The molecule has 0 saturated carbocycles. The second-order valence-corrected chi connectivity index (χ2v) is 14.4. The average molecular weight is 724 g/mol. The second-order valence-electron chi connectivity index (χ2n) is 13.6. The number of carbonyl (C=O) groups excluding carboxylic acids is 3. The summed E-state index contributed by atoms with van der Waals surface area (Å²) in [7, 11) is 0. The molecule has 6 N–H and O–H groups in total. The van der Waals surface area contributed by atoms with E-state index >= 15 is 0 Å². The molecule has 0 radical (unpaired) electrons. The third-order valence-corrected chi connectivity index (χ3v) is 8.64. The molecule has 0 spiro atoms. The van der Waals surface area contributed by atoms with Gasteiger partial charge in [-0.15, -0.1) is 17.8 Å². The SMILES string of the molecule is CC(C)(CN)C(=O)O.CCC(C)(C)C(=O)Cl.CCC(C)(C)C(=O)O.[3H]ON(CCOC(=O)C(C)(C)CC)NC(Cc1ccccc1)C(=O)S. The molecule has 1 aromatic rings. The summed E-state index contributed by atoms with van der Waals surface area (Å²) in [5.41, 5.74) is 6.66. The molecule has 0 aliphatic rings. The van der Waals surface area contributed by atoms with Crippen LogP contribution in [0.4, 0.5) is 0 Å². The van der Waals surface area contributed by atoms with Crippen LogP contribution < -0.4 is 11.2 Å². The normalized spacial score (nSPS) is 12.4. The Morgan fingerprint density at radius 2 is 1.33 bits per heavy atom. The van der Waals surface area contributed by atoms with E-state index in [0.29, 0.717) is 19.3 Å². The van der Waals surface area contributed by atoms with Crippen LogP contribution in [0.25, 0.3) is 0 Å². The van der Waals surface area contributed by atoms with Crippen LogP contribution in [-0.2, 0) is 35.1 Å². The predicted molar refractivity (Wildman–Crippen MR) is 192 cm³/mol. The minimum Gasteiger partial charge on any atom is -0.481 e. The molecule has 14 heteroatoms. The van der Waals surface area contributed by atoms with Crippen LogP contribution in [0.3, 0.4) is 0 Å². The van der Waals surface area contributed by atoms with Crippen LogP contribution in [0, 0.1) is 21.7 Å². The van der Waals surface area contributed by atoms with Crippen LogP contribution in [0.1, 0.15) is 101 Å². The highest BCUT2D eigenvalue weighted by Gasteiger charge is 2.28. The lowest BCUT2D eigenvalue weighted by Crippen LogP contribution is -2.48. The van der Waals surface area contributed by atoms with Gasteiger partial charge in [0.2, 0.25) is 11.8 Å². The van der Waals surface area contributed by atoms with Crippen LogP contribution >= 0.6 is 24.2 Å². The van der Waals surface area contributed by atoms with Crippen LogP contribution in [0.2, 0.25) is 1.43 Å². The summed E-state index contributed by atoms with van der Waals surface area (Å²) in [5.74, 6) is -1.88. The number of esters is 1. The summed E-state index contributed by atoms with van der Waals surface area (Å²) in [4.78, 5) is 54.5. The predicted octanol–water partition coefficient (Wildman–Crippen LogP) is 5.98. The number of hydrogen-bond acceptors (Lipinski definition) is 10. The first kappa shape index (κ1) is 47.6. The van der Waals surface area contributed by atoms with Crippen LogP contribution in [0.15, 0.2) is 30.3 Å². The molecule has 12 nitrogen and oxygen atoms in total. The molecule has 278 valence electrons. The molecule has 0 aliphatic heterocycles. The summed E-state index contributed by atoms with van der Waals surface area (Å²) in [6, 6.07) is 8.77. The number of nitrogens with two attached hydrogens (primary N) is 1. The minimum atomic E-state index is -0.847. The van der Waals surface area contributed by atoms with Gasteiger partial charge in [0.05, 0.1) is 28.8 Å². The molecule has 1 unspecified atom stereocenters. The van der Waals surface area contributed by atoms with E-state index in [1.54, 1.807) is 27.7 Å². The zero-order valence-corrected chi connectivity index (χ0v) is 32.2. The number of halogens is 1. The number of aliphatic carboxylic acids is 2. The number of nitrogens with zero attached hydrogens (tertiary/aromatic N) is 1. The smallest absolute Gasteiger partial charge is 0.311 e. The highest BCUT2D eigenvalue weighted by molar-refractivity contribution is 7.96. The Morgan fingerprint density at radius 3 is 1.60 bits per heavy atom. The van der Waals surface area contributed by atoms with Crippen molar-refractivity contribution >= 4 is 52.5 Å². The van der Waals surface area contributed by atoms with Gasteiger partial charge in [0, 0.05) is 12.0 Å². The molecule has 1 aromatic carbocycles. The summed E-state index contributed by atoms with van der Waals surface area (Å²) in [6.07, 6.45) is 2.54. The van der Waals surface area contributed by atoms with E-state index in [1.807, 2.05) is 78.8 Å². The number of nitrogens with one attached hydrogen (secondary N) is 1. The molecule has 1 rings (SSSR count). The summed E-state index contributed by atoms with van der Waals surface area (Å²) in [5, 5.41) is 21.7. The maximum atomic E-state index is 11.9. The van der Waals surface area contributed by atoms with Crippen LogP contribution in [-0.4, -0.2) is 74.6 Å². The molecule has 0 fully saturated rings. The van der Waals surface area contributed by atoms with Gasteiger partial charge in [-0.2, -0.15) is 0 Å². The summed E-state index contributed by atoms with van der Waals surface area (Å²) in [6.45, 7) is 19.9. The van der Waals surface area contributed by atoms with Gasteiger partial charge >= 0.3 is 17.9 Å². The molecule has 1 atom stereocenters. The number of carboxylic acid groups (broad SMARTS) is 2. The van der Waals surface area contributed by atoms with Gasteiger partial charge < -0.3 is 20.7 Å². The Labute approximate surface area is 298 Å². The minimum absolute atomic E-state index is 0.0347. The zero-order valence-electron chi connectivity index (χ0n) is 31.5. The number of thiol groups is 1. The summed E-state index contributed by atoms with van der Waals surface area (Å²) < 4.78 is 12.3. The maximum absolute atomic E-state index is 11.9. The van der Waals surface area contributed by atoms with Gasteiger partial charge in [-0.05, 0) is 84.4 Å². The van der Waals surface area contributed by atoms with Crippen molar-refractivity contribution in [1.29, 1.82) is 0 Å². The number of carboxylic acids is 2. The zero-order chi connectivity index (χ0) is 39.2. The lowest BCUT2D eigenvalue weighted by Gasteiger charge is -2.24. The van der Waals surface area contributed by atoms with E-state index in [9.17, 15) is 24.0 Å². The molecule has 0 heterocycles. The molecule has 0 saturated heterocycles. The van der Waals surface area contributed by atoms with Crippen molar-refractivity contribution in [2.24, 2.45) is 27.4 Å². The molecule has 48 heavy (non-hydrogen) atoms. The number of hydrogen-bond donors (Lipinski definition) is 6. The maximum Gasteiger partial charge on any atom is 0.311 e. The first-order valence-corrected chi connectivity index (χ1v) is 16.6. The van der Waals surface area contributed by atoms with Crippen molar-refractivity contribution in [2.75, 3.05) is 19.7 Å². The van der Waals surface area contributed by atoms with Gasteiger partial charge in [0.1, 0.15) is 6.61 Å². The van der Waals surface area contributed by atoms with Gasteiger partial charge in [-0.1, -0.05) is 65.0 Å². The third-order valence-electron chi connectivity index (χ3n) is 7.81. The Balaban J connectivity index is -0.000000715. The molecule has 0 bridgehead atoms. The monoisotopic (exact) mass is 723 g/mol. The molecule has 0 amide bonds. The third kappa shape index (κ3) is 22.2. The number of carbonyl (C=O) groups is 5. The van der Waals surface area contributed by atoms with E-state index in [1.165, 1.54) is 0 Å². The van der Waals surface area contributed by atoms with Crippen molar-refractivity contribution in [3.63, 3.8) is 0 Å². The van der Waals surface area contributed by atoms with Gasteiger partial charge in [0.25, 0.3) is 0 Å². The van der Waals surface area contributed by atoms with E-state index < -0.39 is 34.2 Å². The molecular weight excluding hydrogens is 662 g/mol. The van der Waals surface area contributed by atoms with Crippen molar-refractivity contribution < 1.29 is 45.6 Å². The lowest BCUT2D eigenvalue weighted by atomic mass is 9.91. The number of benzene rings is 1. The van der Waals surface area contributed by atoms with Gasteiger partial charge in [-0.25, -0.2) is 5.43 Å². The number of ether oxygens (including phenoxy) is 1. The highest BCUT2D eigenvalue weighted by Crippen LogP contribution is 2.22. The average Bonchev–Trinajstić information content (AvgIpc) is 3.04. The van der Waals surface area contributed by atoms with Crippen molar-refractivity contribution in [1.82, 2.24) is 10.6 Å². The first-order valence-electron chi connectivity index (χ1n) is 16.2. The number of rotatable bonds is 17.